The largest absolute Gasteiger partial charge is 0.486 e. The third kappa shape index (κ3) is 2.58. The Bertz CT molecular complexity index is 838. The number of nitrogen functional groups attached to an aromatic ring is 1. The van der Waals surface area contributed by atoms with Crippen LogP contribution in [0.4, 0.5) is 5.69 Å². The van der Waals surface area contributed by atoms with Gasteiger partial charge < -0.3 is 15.6 Å². The highest BCUT2D eigenvalue weighted by Crippen LogP contribution is 2.18. The lowest BCUT2D eigenvalue weighted by Gasteiger charge is -2.06. The minimum absolute atomic E-state index is 0.0116. The molecule has 112 valence electrons. The molecule has 3 aromatic rings. The maximum absolute atomic E-state index is 11.3. The van der Waals surface area contributed by atoms with Crippen LogP contribution in [0.1, 0.15) is 21.9 Å². The number of carboxylic acids is 1. The van der Waals surface area contributed by atoms with Crippen LogP contribution in [0.25, 0.3) is 5.52 Å². The zero-order valence-corrected chi connectivity index (χ0v) is 12.0. The molecule has 0 fully saturated rings. The predicted molar refractivity (Wildman–Crippen MR) is 82.1 cm³/mol. The highest BCUT2D eigenvalue weighted by atomic mass is 16.5. The Balaban J connectivity index is 1.94. The molecule has 0 aliphatic rings. The number of nitrogens with two attached hydrogens (primary N) is 1. The molecule has 6 heteroatoms. The zero-order chi connectivity index (χ0) is 15.7. The number of fused-ring (bicyclic) bond motifs is 1. The van der Waals surface area contributed by atoms with Crippen LogP contribution in [-0.4, -0.2) is 20.5 Å². The first-order valence-electron chi connectivity index (χ1n) is 6.74. The number of benzene rings is 1. The average Bonchev–Trinajstić information content (AvgIpc) is 2.85. The highest BCUT2D eigenvalue weighted by Gasteiger charge is 2.17. The quantitative estimate of drug-likeness (QED) is 0.772. The van der Waals surface area contributed by atoms with Crippen molar-refractivity contribution < 1.29 is 14.6 Å². The van der Waals surface area contributed by atoms with E-state index in [0.29, 0.717) is 22.8 Å². The van der Waals surface area contributed by atoms with Gasteiger partial charge in [-0.1, -0.05) is 17.7 Å². The Hall–Kier alpha value is -3.02. The number of rotatable bonds is 4. The van der Waals surface area contributed by atoms with E-state index in [-0.39, 0.29) is 12.3 Å². The Labute approximate surface area is 126 Å². The van der Waals surface area contributed by atoms with E-state index < -0.39 is 5.97 Å². The monoisotopic (exact) mass is 297 g/mol. The number of hydrogen-bond acceptors (Lipinski definition) is 4. The van der Waals surface area contributed by atoms with Crippen molar-refractivity contribution in [3.8, 4) is 5.75 Å². The maximum Gasteiger partial charge on any atom is 0.356 e. The Morgan fingerprint density at radius 3 is 2.68 bits per heavy atom. The van der Waals surface area contributed by atoms with E-state index in [2.05, 4.69) is 4.98 Å². The third-order valence-corrected chi connectivity index (χ3v) is 3.32. The Kier molecular flexibility index (Phi) is 3.42. The number of aromatic carboxylic acids is 1. The van der Waals surface area contributed by atoms with Crippen LogP contribution in [-0.2, 0) is 6.61 Å². The fourth-order valence-corrected chi connectivity index (χ4v) is 2.21. The zero-order valence-electron chi connectivity index (χ0n) is 12.0. The van der Waals surface area contributed by atoms with Crippen LogP contribution in [0.3, 0.4) is 0 Å². The summed E-state index contributed by atoms with van der Waals surface area (Å²) in [7, 11) is 0. The number of ether oxygens (including phenoxy) is 1. The van der Waals surface area contributed by atoms with Crippen molar-refractivity contribution in [3.63, 3.8) is 0 Å². The van der Waals surface area contributed by atoms with E-state index in [1.165, 1.54) is 0 Å². The maximum atomic E-state index is 11.3. The average molecular weight is 297 g/mol. The molecule has 0 spiro atoms. The van der Waals surface area contributed by atoms with Gasteiger partial charge in [0.15, 0.2) is 11.5 Å². The number of nitrogens with zero attached hydrogens (tertiary/aromatic N) is 2. The van der Waals surface area contributed by atoms with Gasteiger partial charge in [-0.15, -0.1) is 0 Å². The Morgan fingerprint density at radius 2 is 2.00 bits per heavy atom. The normalized spacial score (nSPS) is 10.8. The van der Waals surface area contributed by atoms with Gasteiger partial charge in [0.1, 0.15) is 12.4 Å². The number of hydrogen-bond donors (Lipinski definition) is 2. The second-order valence-electron chi connectivity index (χ2n) is 5.00. The SMILES string of the molecule is Cc1ccc(OCc2nc(C(=O)O)c3ccc(N)cn23)cc1. The molecule has 2 heterocycles. The molecule has 22 heavy (non-hydrogen) atoms. The molecule has 0 saturated heterocycles. The van der Waals surface area contributed by atoms with Crippen LogP contribution in [0.15, 0.2) is 42.6 Å². The minimum atomic E-state index is -1.08. The summed E-state index contributed by atoms with van der Waals surface area (Å²) in [6, 6.07) is 10.9. The van der Waals surface area contributed by atoms with E-state index in [0.717, 1.165) is 5.56 Å². The third-order valence-electron chi connectivity index (χ3n) is 3.32. The van der Waals surface area contributed by atoms with Crippen molar-refractivity contribution in [2.24, 2.45) is 0 Å². The second-order valence-corrected chi connectivity index (χ2v) is 5.00. The Morgan fingerprint density at radius 1 is 1.27 bits per heavy atom. The summed E-state index contributed by atoms with van der Waals surface area (Å²) in [5, 5.41) is 9.23. The van der Waals surface area contributed by atoms with Gasteiger partial charge in [-0.2, -0.15) is 0 Å². The summed E-state index contributed by atoms with van der Waals surface area (Å²) in [6.07, 6.45) is 1.64. The lowest BCUT2D eigenvalue weighted by atomic mass is 10.2. The molecule has 2 aromatic heterocycles. The summed E-state index contributed by atoms with van der Waals surface area (Å²) in [5.41, 5.74) is 7.91. The van der Waals surface area contributed by atoms with Crippen LogP contribution in [0.2, 0.25) is 0 Å². The van der Waals surface area contributed by atoms with Crippen LogP contribution < -0.4 is 10.5 Å². The van der Waals surface area contributed by atoms with Crippen molar-refractivity contribution in [3.05, 3.63) is 59.7 Å². The lowest BCUT2D eigenvalue weighted by Crippen LogP contribution is -2.02. The summed E-state index contributed by atoms with van der Waals surface area (Å²) < 4.78 is 7.32. The number of aromatic nitrogens is 2. The molecule has 1 aromatic carbocycles. The molecule has 0 aliphatic heterocycles. The predicted octanol–water partition coefficient (Wildman–Crippen LogP) is 2.50. The van der Waals surface area contributed by atoms with Gasteiger partial charge >= 0.3 is 5.97 Å². The van der Waals surface area contributed by atoms with E-state index in [9.17, 15) is 9.90 Å². The molecule has 0 unspecified atom stereocenters. The summed E-state index contributed by atoms with van der Waals surface area (Å²) in [4.78, 5) is 15.4. The van der Waals surface area contributed by atoms with Gasteiger partial charge in [0.05, 0.1) is 5.52 Å². The van der Waals surface area contributed by atoms with Gasteiger partial charge in [-0.25, -0.2) is 9.78 Å². The molecular weight excluding hydrogens is 282 g/mol. The molecule has 3 N–H and O–H groups in total. The van der Waals surface area contributed by atoms with Crippen LogP contribution in [0, 0.1) is 6.92 Å². The second kappa shape index (κ2) is 5.40. The summed E-state index contributed by atoms with van der Waals surface area (Å²) >= 11 is 0. The number of aryl methyl sites for hydroxylation is 1. The van der Waals surface area contributed by atoms with E-state index in [4.69, 9.17) is 10.5 Å². The first kappa shape index (κ1) is 13.9. The van der Waals surface area contributed by atoms with E-state index in [1.54, 1.807) is 22.7 Å². The number of anilines is 1. The molecule has 0 amide bonds. The van der Waals surface area contributed by atoms with E-state index in [1.807, 2.05) is 31.2 Å². The molecule has 6 nitrogen and oxygen atoms in total. The first-order valence-corrected chi connectivity index (χ1v) is 6.74. The fraction of sp³-hybridized carbons (Fsp3) is 0.125. The van der Waals surface area contributed by atoms with E-state index >= 15 is 0 Å². The number of carboxylic acid groups (broad SMARTS) is 1. The van der Waals surface area contributed by atoms with Gasteiger partial charge in [0.25, 0.3) is 0 Å². The topological polar surface area (TPSA) is 89.8 Å². The van der Waals surface area contributed by atoms with Crippen LogP contribution >= 0.6 is 0 Å². The van der Waals surface area contributed by atoms with Crippen molar-refractivity contribution in [1.29, 1.82) is 0 Å². The number of imidazole rings is 1. The van der Waals surface area contributed by atoms with Crippen molar-refractivity contribution in [2.75, 3.05) is 5.73 Å². The number of pyridine rings is 1. The van der Waals surface area contributed by atoms with Gasteiger partial charge in [-0.3, -0.25) is 4.40 Å². The number of carbonyl (C=O) groups is 1. The lowest BCUT2D eigenvalue weighted by molar-refractivity contribution is 0.0693. The molecule has 3 rings (SSSR count). The first-order chi connectivity index (χ1) is 10.5. The smallest absolute Gasteiger partial charge is 0.356 e. The molecule has 0 atom stereocenters. The van der Waals surface area contributed by atoms with Crippen molar-refractivity contribution in [1.82, 2.24) is 9.38 Å². The van der Waals surface area contributed by atoms with Crippen molar-refractivity contribution in [2.45, 2.75) is 13.5 Å². The van der Waals surface area contributed by atoms with Crippen molar-refractivity contribution >= 4 is 17.2 Å². The van der Waals surface area contributed by atoms with Crippen LogP contribution in [0.5, 0.6) is 5.75 Å². The highest BCUT2D eigenvalue weighted by molar-refractivity contribution is 5.93. The van der Waals surface area contributed by atoms with Gasteiger partial charge in [0.2, 0.25) is 0 Å². The molecule has 0 saturated carbocycles. The van der Waals surface area contributed by atoms with Gasteiger partial charge in [0, 0.05) is 11.9 Å². The molecular formula is C16H15N3O3. The van der Waals surface area contributed by atoms with Gasteiger partial charge in [-0.05, 0) is 31.2 Å². The fourth-order valence-electron chi connectivity index (χ4n) is 2.21. The minimum Gasteiger partial charge on any atom is -0.486 e. The molecule has 0 radical (unpaired) electrons. The standard InChI is InChI=1S/C16H15N3O3/c1-10-2-5-12(6-3-10)22-9-14-18-15(16(20)21)13-7-4-11(17)8-19(13)14/h2-8H,9,17H2,1H3,(H,20,21). The summed E-state index contributed by atoms with van der Waals surface area (Å²) in [5.74, 6) is 0.104. The molecule has 0 bridgehead atoms. The molecule has 0 aliphatic carbocycles. The summed E-state index contributed by atoms with van der Waals surface area (Å²) in [6.45, 7) is 2.15.